The maximum atomic E-state index is 14.0. The average molecular weight is 1660 g/mol. The molecule has 11 aromatic rings. The van der Waals surface area contributed by atoms with Crippen LogP contribution in [0.4, 0.5) is 30.2 Å². The number of fused-ring (bicyclic) bond motifs is 6. The minimum Gasteiger partial charge on any atom is -0.505 e. The number of nitrogens with one attached hydrogen (secondary N) is 1. The number of sulfonamides is 3. The summed E-state index contributed by atoms with van der Waals surface area (Å²) in [5.74, 6) is -0.465. The molecule has 0 saturated heterocycles. The van der Waals surface area contributed by atoms with Gasteiger partial charge in [-0.15, -0.1) is 0 Å². The third kappa shape index (κ3) is 19.2. The molecule has 8 aromatic carbocycles. The van der Waals surface area contributed by atoms with Gasteiger partial charge in [0.25, 0.3) is 17.7 Å². The summed E-state index contributed by atoms with van der Waals surface area (Å²) in [7, 11) is -3.64. The highest BCUT2D eigenvalue weighted by Gasteiger charge is 2.41. The van der Waals surface area contributed by atoms with Crippen LogP contribution >= 0.6 is 0 Å². The Morgan fingerprint density at radius 2 is 0.769 bits per heavy atom. The first-order valence-electron chi connectivity index (χ1n) is 37.2. The van der Waals surface area contributed by atoms with Crippen LogP contribution < -0.4 is 37.2 Å². The van der Waals surface area contributed by atoms with E-state index in [2.05, 4.69) is 15.3 Å². The van der Waals surface area contributed by atoms with Crippen LogP contribution in [-0.2, 0) is 82.2 Å². The summed E-state index contributed by atoms with van der Waals surface area (Å²) in [6.45, 7) is 7.80. The molecule has 0 fully saturated rings. The van der Waals surface area contributed by atoms with E-state index in [1.807, 2.05) is 60.7 Å². The maximum Gasteiger partial charge on any atom is 0.258 e. The number of phenolic OH excluding ortho intramolecular Hbond substituents is 1. The molecule has 3 amide bonds. The van der Waals surface area contributed by atoms with Gasteiger partial charge in [-0.05, 0) is 183 Å². The van der Waals surface area contributed by atoms with Crippen LogP contribution in [0.2, 0.25) is 0 Å². The Labute approximate surface area is 677 Å². The van der Waals surface area contributed by atoms with Crippen LogP contribution in [0.1, 0.15) is 133 Å². The van der Waals surface area contributed by atoms with Crippen LogP contribution in [-0.4, -0.2) is 161 Å². The summed E-state index contributed by atoms with van der Waals surface area (Å²) >= 11 is 0. The number of amides is 3. The second kappa shape index (κ2) is 33.9. The molecule has 3 aliphatic rings. The number of anilines is 3. The average Bonchev–Trinajstić information content (AvgIpc) is 1.67. The molecule has 4 N–H and O–H groups in total. The number of benzene rings is 8. The van der Waals surface area contributed by atoms with E-state index in [1.54, 1.807) is 108 Å². The highest BCUT2D eigenvalue weighted by atomic mass is 32.2. The quantitative estimate of drug-likeness (QED) is 0.0391. The Morgan fingerprint density at radius 1 is 0.453 bits per heavy atom. The van der Waals surface area contributed by atoms with Gasteiger partial charge in [0.2, 0.25) is 30.1 Å². The first-order chi connectivity index (χ1) is 55.2. The van der Waals surface area contributed by atoms with Crippen LogP contribution in [0.3, 0.4) is 0 Å². The van der Waals surface area contributed by atoms with E-state index >= 15 is 0 Å². The topological polar surface area (TPSA) is 318 Å². The fourth-order valence-electron chi connectivity index (χ4n) is 14.1. The number of rotatable bonds is 26. The predicted octanol–water partition coefficient (Wildman–Crippen LogP) is 12.4. The SMILES string of the molecule is CN(c1c2c(c(O)c3ncc(Cc4ccc(F)cc4)cc13)C(=O)N(CCC(C)(C)O)C2)S(C)(=O)=O.COc1ccc(COc2c3c(c(N(C)S(C)(=O)=O)c4cc(Cc5ccc(F)cc5)cnc24)CN(CCC(C)(C)O)C3=O)cc1.COc1ccc(COc2c3c(c(N(C)S(C)(=O)=O)c4cc(Cc5ccc(F)cc5)cnc24)CNC3=O)cc1. The van der Waals surface area contributed by atoms with Crippen molar-refractivity contribution < 1.29 is 87.1 Å². The lowest BCUT2D eigenvalue weighted by molar-refractivity contribution is 0.0504. The van der Waals surface area contributed by atoms with Gasteiger partial charge < -0.3 is 49.4 Å². The second-order valence-electron chi connectivity index (χ2n) is 30.5. The van der Waals surface area contributed by atoms with Gasteiger partial charge in [-0.25, -0.2) is 38.4 Å². The Hall–Kier alpha value is -11.6. The Bertz CT molecular complexity index is 6020. The third-order valence-electron chi connectivity index (χ3n) is 20.5. The summed E-state index contributed by atoms with van der Waals surface area (Å²) in [5.41, 5.74) is 8.41. The minimum atomic E-state index is -3.75. The van der Waals surface area contributed by atoms with Gasteiger partial charge in [-0.2, -0.15) is 0 Å². The van der Waals surface area contributed by atoms with Gasteiger partial charge in [0, 0.05) is 105 Å². The number of carbonyl (C=O) groups excluding carboxylic acids is 3. The lowest BCUT2D eigenvalue weighted by atomic mass is 9.98. The van der Waals surface area contributed by atoms with Gasteiger partial charge in [0.1, 0.15) is 58.7 Å². The lowest BCUT2D eigenvalue weighted by Crippen LogP contribution is -2.31. The van der Waals surface area contributed by atoms with Gasteiger partial charge in [-0.3, -0.25) is 42.3 Å². The summed E-state index contributed by atoms with van der Waals surface area (Å²) < 4.78 is 143. The van der Waals surface area contributed by atoms with E-state index in [1.165, 1.54) is 71.1 Å². The molecular weight excluding hydrogens is 1570 g/mol. The molecule has 117 heavy (non-hydrogen) atoms. The number of hydrogen-bond donors (Lipinski definition) is 4. The monoisotopic (exact) mass is 1660 g/mol. The van der Waals surface area contributed by atoms with Crippen molar-refractivity contribution in [3.8, 4) is 28.7 Å². The molecule has 25 nitrogen and oxygen atoms in total. The molecular formula is C86H90F3N9O16S3. The highest BCUT2D eigenvalue weighted by Crippen LogP contribution is 2.49. The van der Waals surface area contributed by atoms with E-state index in [0.29, 0.717) is 105 Å². The lowest BCUT2D eigenvalue weighted by Gasteiger charge is -2.24. The van der Waals surface area contributed by atoms with Crippen LogP contribution in [0, 0.1) is 17.5 Å². The summed E-state index contributed by atoms with van der Waals surface area (Å²) in [6, 6.07) is 38.5. The minimum absolute atomic E-state index is 0.0255. The van der Waals surface area contributed by atoms with Gasteiger partial charge in [0.15, 0.2) is 17.2 Å². The molecule has 0 radical (unpaired) electrons. The first kappa shape index (κ1) is 84.7. The molecule has 0 saturated carbocycles. The number of phenols is 1. The van der Waals surface area contributed by atoms with Crippen molar-refractivity contribution in [3.63, 3.8) is 0 Å². The number of halogens is 3. The second-order valence-corrected chi connectivity index (χ2v) is 36.5. The van der Waals surface area contributed by atoms with Crippen molar-refractivity contribution in [2.45, 2.75) is 104 Å². The van der Waals surface area contributed by atoms with Crippen molar-refractivity contribution in [2.75, 3.05) is 80.1 Å². The molecule has 6 heterocycles. The molecule has 0 unspecified atom stereocenters. The van der Waals surface area contributed by atoms with E-state index in [-0.39, 0.29) is 115 Å². The van der Waals surface area contributed by atoms with Crippen molar-refractivity contribution in [3.05, 3.63) is 253 Å². The number of methoxy groups -OCH3 is 2. The van der Waals surface area contributed by atoms with Crippen molar-refractivity contribution >= 4 is 97.6 Å². The molecule has 31 heteroatoms. The van der Waals surface area contributed by atoms with Crippen molar-refractivity contribution in [1.29, 1.82) is 0 Å². The molecule has 0 bridgehead atoms. The van der Waals surface area contributed by atoms with Crippen LogP contribution in [0.15, 0.2) is 158 Å². The van der Waals surface area contributed by atoms with Crippen LogP contribution in [0.25, 0.3) is 32.7 Å². The fourth-order valence-corrected chi connectivity index (χ4v) is 15.7. The number of ether oxygens (including phenoxy) is 4. The summed E-state index contributed by atoms with van der Waals surface area (Å²) in [4.78, 5) is 57.0. The van der Waals surface area contributed by atoms with Gasteiger partial charge in [0.05, 0.1) is 77.9 Å². The normalized spacial score (nSPS) is 13.4. The first-order valence-corrected chi connectivity index (χ1v) is 42.7. The van der Waals surface area contributed by atoms with E-state index in [4.69, 9.17) is 23.9 Å². The number of carbonyl (C=O) groups is 3. The van der Waals surface area contributed by atoms with Crippen molar-refractivity contribution in [1.82, 2.24) is 30.1 Å². The smallest absolute Gasteiger partial charge is 0.258 e. The highest BCUT2D eigenvalue weighted by molar-refractivity contribution is 7.92. The molecule has 3 aromatic heterocycles. The van der Waals surface area contributed by atoms with Crippen LogP contribution in [0.5, 0.6) is 28.7 Å². The zero-order valence-electron chi connectivity index (χ0n) is 66.6. The van der Waals surface area contributed by atoms with Gasteiger partial charge in [-0.1, -0.05) is 60.7 Å². The molecule has 14 rings (SSSR count). The zero-order chi connectivity index (χ0) is 84.5. The molecule has 614 valence electrons. The van der Waals surface area contributed by atoms with E-state index in [9.17, 15) is 68.1 Å². The molecule has 3 aliphatic heterocycles. The molecule has 0 spiro atoms. The third-order valence-corrected chi connectivity index (χ3v) is 24.1. The Kier molecular flexibility index (Phi) is 24.6. The number of hydrogen-bond acceptors (Lipinski definition) is 19. The molecule has 0 aliphatic carbocycles. The summed E-state index contributed by atoms with van der Waals surface area (Å²) in [6.07, 6.45) is 10.1. The molecule has 0 atom stereocenters. The maximum absolute atomic E-state index is 14.0. The number of aromatic nitrogens is 3. The Balaban J connectivity index is 0.000000163. The van der Waals surface area contributed by atoms with Gasteiger partial charge >= 0.3 is 0 Å². The number of aromatic hydroxyl groups is 1. The summed E-state index contributed by atoms with van der Waals surface area (Å²) in [5, 5.41) is 35.7. The zero-order valence-corrected chi connectivity index (χ0v) is 69.0. The fraction of sp³-hybridized carbons (Fsp3) is 0.302. The van der Waals surface area contributed by atoms with E-state index in [0.717, 1.165) is 67.6 Å². The number of nitrogens with zero attached hydrogens (tertiary/aromatic N) is 8. The number of pyridine rings is 3. The standard InChI is InChI=1S/C33H36FN3O6S.C28H26FN3O5S.C25H28FN3O5S/c1-33(2,39)14-15-37-19-27-28(32(37)38)31(43-20-22-8-12-25(42-4)13-9-22)29-26(30(27)36(3)44(5,40)41)17-23(18-35-29)16-21-6-10-24(34)11-7-21;1-32(38(3,34)35)26-22-13-19(12-17-4-8-20(29)9-5-17)14-30-25(22)27(24-23(26)15-31-28(24)33)37-16-18-6-10-21(36-2)11-7-18;1-25(2,32)9-10-29-14-19-20(24(29)31)23(30)21-18(22(19)28(3)35(4,33)34)12-16(13-27-21)11-15-5-7-17(26)8-6-15/h6-13,17-18,39H,14-16,19-20H2,1-5H3;4-11,13-14H,12,15-16H2,1-3H3,(H,31,33);5-8,12-13,30,32H,9-11,14H2,1-4H3. The predicted molar refractivity (Wildman–Crippen MR) is 441 cm³/mol. The number of aliphatic hydroxyl groups is 2. The largest absolute Gasteiger partial charge is 0.505 e. The van der Waals surface area contributed by atoms with E-state index < -0.39 is 47.2 Å². The van der Waals surface area contributed by atoms with Crippen molar-refractivity contribution in [2.24, 2.45) is 0 Å². The Morgan fingerprint density at radius 3 is 1.12 bits per heavy atom.